The second kappa shape index (κ2) is 15.6. The Balaban J connectivity index is 0.955. The number of hydrogen-bond acceptors (Lipinski definition) is 4. The van der Waals surface area contributed by atoms with Crippen molar-refractivity contribution in [2.24, 2.45) is 0 Å². The molecule has 322 valence electrons. The molecule has 4 aromatic heterocycles. The van der Waals surface area contributed by atoms with Crippen LogP contribution >= 0.6 is 0 Å². The van der Waals surface area contributed by atoms with Gasteiger partial charge in [-0.25, -0.2) is 15.0 Å². The SMILES string of the molecule is c1ccc(-c2ccc(-c3nc(-c4cccc(-c5cccc6c5oc5ccccc56)c4)nc(-c4ccc5c(c4)c4ccccc4n5-c4cccc5c6ccccc6n(-c6ccccc6)c45)n3)cc2)cc1. The molecule has 0 fully saturated rings. The summed E-state index contributed by atoms with van der Waals surface area (Å²) in [4.78, 5) is 15.8. The fourth-order valence-corrected chi connectivity index (χ4v) is 10.4. The Kier molecular flexibility index (Phi) is 8.79. The number of rotatable bonds is 7. The van der Waals surface area contributed by atoms with E-state index in [9.17, 15) is 0 Å². The Morgan fingerprint density at radius 2 is 0.812 bits per heavy atom. The second-order valence-electron chi connectivity index (χ2n) is 17.6. The van der Waals surface area contributed by atoms with Crippen molar-refractivity contribution in [2.75, 3.05) is 0 Å². The van der Waals surface area contributed by atoms with Crippen LogP contribution in [-0.2, 0) is 0 Å². The molecule has 0 radical (unpaired) electrons. The van der Waals surface area contributed by atoms with Crippen molar-refractivity contribution in [3.63, 3.8) is 0 Å². The van der Waals surface area contributed by atoms with Gasteiger partial charge < -0.3 is 13.6 Å². The molecule has 69 heavy (non-hydrogen) atoms. The van der Waals surface area contributed by atoms with Crippen LogP contribution in [0.5, 0.6) is 0 Å². The van der Waals surface area contributed by atoms with Crippen molar-refractivity contribution in [3.8, 4) is 67.8 Å². The predicted molar refractivity (Wildman–Crippen MR) is 283 cm³/mol. The van der Waals surface area contributed by atoms with Crippen LogP contribution in [0.25, 0.3) is 133 Å². The molecule has 0 atom stereocenters. The van der Waals surface area contributed by atoms with Crippen LogP contribution in [0, 0.1) is 0 Å². The van der Waals surface area contributed by atoms with E-state index in [-0.39, 0.29) is 0 Å². The Morgan fingerprint density at radius 1 is 0.304 bits per heavy atom. The first-order valence-corrected chi connectivity index (χ1v) is 23.3. The van der Waals surface area contributed by atoms with E-state index in [0.717, 1.165) is 99.6 Å². The molecule has 6 heteroatoms. The molecule has 14 rings (SSSR count). The minimum atomic E-state index is 0.587. The predicted octanol–water partition coefficient (Wildman–Crippen LogP) is 16.3. The number of furan rings is 1. The number of fused-ring (bicyclic) bond motifs is 9. The summed E-state index contributed by atoms with van der Waals surface area (Å²) in [5, 5.41) is 6.86. The first kappa shape index (κ1) is 38.8. The monoisotopic (exact) mass is 881 g/mol. The third-order valence-electron chi connectivity index (χ3n) is 13.6. The van der Waals surface area contributed by atoms with Gasteiger partial charge in [0.25, 0.3) is 0 Å². The fourth-order valence-electron chi connectivity index (χ4n) is 10.4. The lowest BCUT2D eigenvalue weighted by molar-refractivity contribution is 0.670. The largest absolute Gasteiger partial charge is 0.455 e. The topological polar surface area (TPSA) is 61.7 Å². The zero-order chi connectivity index (χ0) is 45.4. The Hall–Kier alpha value is -9.39. The molecule has 0 saturated carbocycles. The molecule has 0 bridgehead atoms. The van der Waals surface area contributed by atoms with E-state index in [1.165, 1.54) is 16.3 Å². The van der Waals surface area contributed by atoms with E-state index in [2.05, 4.69) is 228 Å². The normalized spacial score (nSPS) is 11.8. The number of hydrogen-bond donors (Lipinski definition) is 0. The van der Waals surface area contributed by atoms with Crippen molar-refractivity contribution in [1.29, 1.82) is 0 Å². The van der Waals surface area contributed by atoms with Gasteiger partial charge in [0.2, 0.25) is 0 Å². The zero-order valence-corrected chi connectivity index (χ0v) is 37.2. The standard InChI is InChI=1S/C63H39N5O/c1-3-16-40(17-4-1)41-32-34-42(35-33-41)61-64-62(44-19-13-18-43(38-44)47-25-14-27-52-50-24-9-12-31-58(50)69-60(47)52)66-63(65-61)45-36-37-56-53(39-45)49-23-8-11-29-55(49)68(56)57-30-15-26-51-48-22-7-10-28-54(48)67(59(51)57)46-20-5-2-6-21-46/h1-39H. The molecule has 0 aliphatic rings. The summed E-state index contributed by atoms with van der Waals surface area (Å²) in [7, 11) is 0. The minimum Gasteiger partial charge on any atom is -0.455 e. The van der Waals surface area contributed by atoms with Crippen molar-refractivity contribution in [3.05, 3.63) is 237 Å². The summed E-state index contributed by atoms with van der Waals surface area (Å²) in [6.07, 6.45) is 0. The summed E-state index contributed by atoms with van der Waals surface area (Å²) in [5.74, 6) is 1.78. The lowest BCUT2D eigenvalue weighted by Crippen LogP contribution is -2.01. The average Bonchev–Trinajstić information content (AvgIpc) is 4.09. The summed E-state index contributed by atoms with van der Waals surface area (Å²) in [5.41, 5.74) is 15.5. The lowest BCUT2D eigenvalue weighted by atomic mass is 10.00. The van der Waals surface area contributed by atoms with Crippen LogP contribution in [0.15, 0.2) is 241 Å². The van der Waals surface area contributed by atoms with Gasteiger partial charge in [-0.1, -0.05) is 176 Å². The van der Waals surface area contributed by atoms with Crippen LogP contribution in [0.3, 0.4) is 0 Å². The van der Waals surface area contributed by atoms with Crippen molar-refractivity contribution >= 4 is 65.6 Å². The van der Waals surface area contributed by atoms with E-state index in [4.69, 9.17) is 19.4 Å². The van der Waals surface area contributed by atoms with Crippen molar-refractivity contribution in [2.45, 2.75) is 0 Å². The highest BCUT2D eigenvalue weighted by atomic mass is 16.3. The maximum absolute atomic E-state index is 6.49. The molecule has 0 saturated heterocycles. The molecule has 10 aromatic carbocycles. The van der Waals surface area contributed by atoms with Crippen LogP contribution in [0.1, 0.15) is 0 Å². The lowest BCUT2D eigenvalue weighted by Gasteiger charge is -2.14. The summed E-state index contributed by atoms with van der Waals surface area (Å²) in [6, 6.07) is 83.3. The van der Waals surface area contributed by atoms with Gasteiger partial charge in [0, 0.05) is 60.3 Å². The molecule has 4 heterocycles. The van der Waals surface area contributed by atoms with Crippen LogP contribution in [-0.4, -0.2) is 24.1 Å². The van der Waals surface area contributed by atoms with Gasteiger partial charge in [-0.05, 0) is 77.4 Å². The van der Waals surface area contributed by atoms with Crippen LogP contribution in [0.4, 0.5) is 0 Å². The molecule has 0 amide bonds. The number of para-hydroxylation sites is 6. The van der Waals surface area contributed by atoms with Gasteiger partial charge in [-0.3, -0.25) is 0 Å². The minimum absolute atomic E-state index is 0.587. The molecule has 0 N–H and O–H groups in total. The van der Waals surface area contributed by atoms with Gasteiger partial charge in [-0.2, -0.15) is 0 Å². The van der Waals surface area contributed by atoms with Crippen molar-refractivity contribution in [1.82, 2.24) is 24.1 Å². The van der Waals surface area contributed by atoms with Gasteiger partial charge in [-0.15, -0.1) is 0 Å². The van der Waals surface area contributed by atoms with E-state index in [1.807, 2.05) is 18.2 Å². The molecule has 0 aliphatic heterocycles. The van der Waals surface area contributed by atoms with E-state index in [0.29, 0.717) is 17.5 Å². The molecule has 6 nitrogen and oxygen atoms in total. The third-order valence-corrected chi connectivity index (χ3v) is 13.6. The maximum atomic E-state index is 6.49. The zero-order valence-electron chi connectivity index (χ0n) is 37.2. The molecule has 0 unspecified atom stereocenters. The number of nitrogens with zero attached hydrogens (tertiary/aromatic N) is 5. The Morgan fingerprint density at radius 3 is 1.59 bits per heavy atom. The summed E-state index contributed by atoms with van der Waals surface area (Å²) < 4.78 is 11.3. The second-order valence-corrected chi connectivity index (χ2v) is 17.6. The summed E-state index contributed by atoms with van der Waals surface area (Å²) >= 11 is 0. The molecular weight excluding hydrogens is 843 g/mol. The highest BCUT2D eigenvalue weighted by Gasteiger charge is 2.22. The maximum Gasteiger partial charge on any atom is 0.164 e. The van der Waals surface area contributed by atoms with Gasteiger partial charge in [0.1, 0.15) is 11.2 Å². The average molecular weight is 882 g/mol. The van der Waals surface area contributed by atoms with Gasteiger partial charge >= 0.3 is 0 Å². The van der Waals surface area contributed by atoms with E-state index < -0.39 is 0 Å². The smallest absolute Gasteiger partial charge is 0.164 e. The fraction of sp³-hybridized carbons (Fsp3) is 0. The van der Waals surface area contributed by atoms with Gasteiger partial charge in [0.05, 0.1) is 27.8 Å². The third kappa shape index (κ3) is 6.30. The Bertz CT molecular complexity index is 4300. The first-order chi connectivity index (χ1) is 34.2. The van der Waals surface area contributed by atoms with Gasteiger partial charge in [0.15, 0.2) is 17.5 Å². The molecule has 14 aromatic rings. The summed E-state index contributed by atoms with van der Waals surface area (Å²) in [6.45, 7) is 0. The number of aromatic nitrogens is 5. The first-order valence-electron chi connectivity index (χ1n) is 23.3. The highest BCUT2D eigenvalue weighted by Crippen LogP contribution is 2.41. The highest BCUT2D eigenvalue weighted by molar-refractivity contribution is 6.15. The Labute approximate surface area is 396 Å². The quantitative estimate of drug-likeness (QED) is 0.160. The van der Waals surface area contributed by atoms with Crippen LogP contribution in [0.2, 0.25) is 0 Å². The molecule has 0 spiro atoms. The van der Waals surface area contributed by atoms with Crippen LogP contribution < -0.4 is 0 Å². The van der Waals surface area contributed by atoms with E-state index >= 15 is 0 Å². The van der Waals surface area contributed by atoms with E-state index in [1.54, 1.807) is 0 Å². The molecular formula is C63H39N5O. The number of benzene rings is 10. The molecule has 0 aliphatic carbocycles. The van der Waals surface area contributed by atoms with Crippen molar-refractivity contribution < 1.29 is 4.42 Å².